The van der Waals surface area contributed by atoms with Crippen LogP contribution < -0.4 is 15.0 Å². The number of aromatic nitrogens is 2. The summed E-state index contributed by atoms with van der Waals surface area (Å²) in [6, 6.07) is 7.29. The molecule has 170 valence electrons. The van der Waals surface area contributed by atoms with Crippen LogP contribution in [0.3, 0.4) is 0 Å². The fraction of sp³-hybridized carbons (Fsp3) is 0.318. The van der Waals surface area contributed by atoms with Crippen LogP contribution in [0.5, 0.6) is 11.5 Å². The quantitative estimate of drug-likeness (QED) is 0.354. The number of ether oxygens (including phenoxy) is 3. The van der Waals surface area contributed by atoms with Crippen LogP contribution in [-0.2, 0) is 37.4 Å². The molecule has 3 aromatic rings. The highest BCUT2D eigenvalue weighted by Crippen LogP contribution is 2.45. The Labute approximate surface area is 187 Å². The third-order valence-electron chi connectivity index (χ3n) is 6.40. The van der Waals surface area contributed by atoms with Crippen molar-refractivity contribution < 1.29 is 33.0 Å². The molecule has 5 heterocycles. The number of hydrogen-bond donors (Lipinski definition) is 1. The van der Waals surface area contributed by atoms with Gasteiger partial charge in [0.2, 0.25) is 0 Å². The zero-order chi connectivity index (χ0) is 22.9. The van der Waals surface area contributed by atoms with Crippen molar-refractivity contribution in [3.05, 3.63) is 51.3 Å². The maximum Gasteiger partial charge on any atom is 0.344 e. The molecule has 0 spiro atoms. The lowest BCUT2D eigenvalue weighted by Gasteiger charge is -2.34. The molecule has 1 aromatic carbocycles. The molecule has 2 aromatic heterocycles. The van der Waals surface area contributed by atoms with Gasteiger partial charge in [-0.1, -0.05) is 6.92 Å². The van der Waals surface area contributed by atoms with E-state index in [1.807, 2.05) is 12.1 Å². The fourth-order valence-electron chi connectivity index (χ4n) is 4.83. The molecule has 3 aliphatic heterocycles. The summed E-state index contributed by atoms with van der Waals surface area (Å²) < 4.78 is 34.9. The molecule has 6 rings (SSSR count). The molecule has 11 heteroatoms. The number of fused-ring (bicyclic) bond motifs is 6. The van der Waals surface area contributed by atoms with Gasteiger partial charge in [0.05, 0.1) is 29.0 Å². The lowest BCUT2D eigenvalue weighted by Crippen LogP contribution is -2.45. The Morgan fingerprint density at radius 2 is 1.91 bits per heavy atom. The molecule has 0 saturated heterocycles. The predicted molar refractivity (Wildman–Crippen MR) is 116 cm³/mol. The van der Waals surface area contributed by atoms with Crippen LogP contribution in [-0.4, -0.2) is 33.6 Å². The third kappa shape index (κ3) is 2.88. The Balaban J connectivity index is 1.57. The van der Waals surface area contributed by atoms with Crippen molar-refractivity contribution in [2.45, 2.75) is 32.1 Å². The number of carbonyl (C=O) groups is 1. The largest absolute Gasteiger partial charge is 0.486 e. The van der Waals surface area contributed by atoms with E-state index in [0.29, 0.717) is 48.2 Å². The monoisotopic (exact) mass is 470 g/mol. The first kappa shape index (κ1) is 20.4. The summed E-state index contributed by atoms with van der Waals surface area (Å²) in [5, 5.41) is 0.854. The van der Waals surface area contributed by atoms with Crippen LogP contribution in [0.4, 0.5) is 0 Å². The SMILES string of the molecule is CC[C@@]1(O[PH](=O)O)C(=O)OCc2c1cc1n(c2=O)Cc2cc3cc4c(cc3nc2-1)OCCO4. The van der Waals surface area contributed by atoms with Gasteiger partial charge in [-0.05, 0) is 24.6 Å². The van der Waals surface area contributed by atoms with E-state index in [0.717, 1.165) is 10.9 Å². The minimum atomic E-state index is -3.50. The molecule has 0 saturated carbocycles. The molecule has 10 nitrogen and oxygen atoms in total. The summed E-state index contributed by atoms with van der Waals surface area (Å²) >= 11 is 0. The topological polar surface area (TPSA) is 126 Å². The van der Waals surface area contributed by atoms with Crippen molar-refractivity contribution in [3.8, 4) is 22.9 Å². The van der Waals surface area contributed by atoms with Crippen molar-refractivity contribution in [3.63, 3.8) is 0 Å². The number of nitrogens with zero attached hydrogens (tertiary/aromatic N) is 2. The van der Waals surface area contributed by atoms with E-state index in [9.17, 15) is 19.0 Å². The standard InChI is InChI=1S/C22H19N2O8P/c1-2-22(32-33(27)28)14-7-16-19-12(9-24(16)20(25)13(14)10-31-21(22)26)5-11-6-17-18(8-15(11)23-19)30-4-3-29-17/h5-8,33H,2-4,9-10H2,1H3,(H,27,28)/t22-/m0/s1. The number of hydrogen-bond acceptors (Lipinski definition) is 8. The molecule has 0 radical (unpaired) electrons. The molecule has 2 atom stereocenters. The number of esters is 1. The molecule has 33 heavy (non-hydrogen) atoms. The number of cyclic esters (lactones) is 1. The average Bonchev–Trinajstić information content (AvgIpc) is 3.15. The summed E-state index contributed by atoms with van der Waals surface area (Å²) in [5.41, 5.74) is 0.941. The highest BCUT2D eigenvalue weighted by molar-refractivity contribution is 7.32. The van der Waals surface area contributed by atoms with Gasteiger partial charge in [-0.2, -0.15) is 0 Å². The van der Waals surface area contributed by atoms with Crippen LogP contribution >= 0.6 is 8.25 Å². The van der Waals surface area contributed by atoms with E-state index in [1.165, 1.54) is 0 Å². The van der Waals surface area contributed by atoms with Crippen LogP contribution in [0.25, 0.3) is 22.3 Å². The van der Waals surface area contributed by atoms with Crippen LogP contribution in [0.2, 0.25) is 0 Å². The number of benzene rings is 1. The van der Waals surface area contributed by atoms with E-state index >= 15 is 0 Å². The second-order valence-corrected chi connectivity index (χ2v) is 8.86. The molecule has 0 fully saturated rings. The van der Waals surface area contributed by atoms with Gasteiger partial charge in [0.1, 0.15) is 19.8 Å². The molecule has 1 N–H and O–H groups in total. The van der Waals surface area contributed by atoms with Crippen LogP contribution in [0, 0.1) is 0 Å². The van der Waals surface area contributed by atoms with Crippen molar-refractivity contribution in [1.29, 1.82) is 0 Å². The molecule has 0 bridgehead atoms. The van der Waals surface area contributed by atoms with Crippen LogP contribution in [0.15, 0.2) is 29.1 Å². The van der Waals surface area contributed by atoms with Gasteiger partial charge in [0.15, 0.2) is 17.1 Å². The summed E-state index contributed by atoms with van der Waals surface area (Å²) in [7, 11) is -3.50. The molecule has 0 aliphatic carbocycles. The van der Waals surface area contributed by atoms with E-state index in [1.54, 1.807) is 23.6 Å². The summed E-state index contributed by atoms with van der Waals surface area (Å²) in [6.07, 6.45) is 0.0280. The summed E-state index contributed by atoms with van der Waals surface area (Å²) in [6.45, 7) is 2.65. The van der Waals surface area contributed by atoms with Crippen LogP contribution in [0.1, 0.15) is 30.0 Å². The predicted octanol–water partition coefficient (Wildman–Crippen LogP) is 2.26. The lowest BCUT2D eigenvalue weighted by molar-refractivity contribution is -0.169. The van der Waals surface area contributed by atoms with Crippen molar-refractivity contribution in [2.75, 3.05) is 13.2 Å². The van der Waals surface area contributed by atoms with Crippen molar-refractivity contribution in [1.82, 2.24) is 9.55 Å². The highest BCUT2D eigenvalue weighted by Gasteiger charge is 2.49. The molecular weight excluding hydrogens is 451 g/mol. The van der Waals surface area contributed by atoms with Gasteiger partial charge in [-0.25, -0.2) is 9.78 Å². The second kappa shape index (κ2) is 7.15. The Morgan fingerprint density at radius 3 is 2.64 bits per heavy atom. The van der Waals surface area contributed by atoms with Gasteiger partial charge >= 0.3 is 14.2 Å². The zero-order valence-electron chi connectivity index (χ0n) is 17.5. The van der Waals surface area contributed by atoms with E-state index in [2.05, 4.69) is 0 Å². The summed E-state index contributed by atoms with van der Waals surface area (Å²) in [4.78, 5) is 40.3. The fourth-order valence-corrected chi connectivity index (χ4v) is 5.46. The minimum Gasteiger partial charge on any atom is -0.486 e. The molecule has 3 aliphatic rings. The Hall–Kier alpha value is -3.20. The average molecular weight is 470 g/mol. The van der Waals surface area contributed by atoms with E-state index < -0.39 is 19.8 Å². The van der Waals surface area contributed by atoms with Gasteiger partial charge in [-0.3, -0.25) is 13.9 Å². The van der Waals surface area contributed by atoms with Gasteiger partial charge in [0, 0.05) is 22.6 Å². The first-order chi connectivity index (χ1) is 15.9. The van der Waals surface area contributed by atoms with Crippen molar-refractivity contribution in [2.24, 2.45) is 0 Å². The van der Waals surface area contributed by atoms with E-state index in [-0.39, 0.29) is 29.7 Å². The number of pyridine rings is 2. The van der Waals surface area contributed by atoms with Gasteiger partial charge in [0.25, 0.3) is 5.56 Å². The molecule has 1 unspecified atom stereocenters. The maximum atomic E-state index is 13.4. The smallest absolute Gasteiger partial charge is 0.344 e. The van der Waals surface area contributed by atoms with Gasteiger partial charge in [-0.15, -0.1) is 0 Å². The normalized spacial score (nSPS) is 21.2. The first-order valence-corrected chi connectivity index (χ1v) is 11.8. The highest BCUT2D eigenvalue weighted by atomic mass is 31.1. The maximum absolute atomic E-state index is 13.4. The lowest BCUT2D eigenvalue weighted by atomic mass is 9.86. The Kier molecular flexibility index (Phi) is 4.42. The zero-order valence-corrected chi connectivity index (χ0v) is 18.5. The molecular formula is C22H19N2O8P. The van der Waals surface area contributed by atoms with Crippen molar-refractivity contribution >= 4 is 25.1 Å². The number of carbonyl (C=O) groups excluding carboxylic acids is 1. The summed E-state index contributed by atoms with van der Waals surface area (Å²) in [5.74, 6) is 0.470. The second-order valence-electron chi connectivity index (χ2n) is 8.12. The van der Waals surface area contributed by atoms with Gasteiger partial charge < -0.3 is 23.7 Å². The Morgan fingerprint density at radius 1 is 1.15 bits per heavy atom. The Bertz CT molecular complexity index is 1450. The third-order valence-corrected chi connectivity index (χ3v) is 6.92. The first-order valence-electron chi connectivity index (χ1n) is 10.5. The van der Waals surface area contributed by atoms with E-state index in [4.69, 9.17) is 23.7 Å². The molecule has 0 amide bonds. The number of rotatable bonds is 3. The minimum absolute atomic E-state index is 0.0280.